The molecule has 0 atom stereocenters. The van der Waals surface area contributed by atoms with Gasteiger partial charge in [-0.2, -0.15) is 4.98 Å². The standard InChI is InChI=1S/C17H17N5O2S/c1-8-5-9(2)15-12(21-24-13(15)6-8)7-14(23)18-16-19-17-22(20-16)10(3)11(4)25-17/h5-6H,7H2,1-4H3,(H,18,20,23). The molecule has 1 amide bonds. The fourth-order valence-electron chi connectivity index (χ4n) is 2.96. The van der Waals surface area contributed by atoms with Crippen molar-refractivity contribution >= 4 is 39.1 Å². The van der Waals surface area contributed by atoms with E-state index in [4.69, 9.17) is 4.52 Å². The summed E-state index contributed by atoms with van der Waals surface area (Å²) in [5.41, 5.74) is 4.50. The van der Waals surface area contributed by atoms with Crippen LogP contribution in [0.15, 0.2) is 16.7 Å². The number of carbonyl (C=O) groups excluding carboxylic acids is 1. The second kappa shape index (κ2) is 5.66. The van der Waals surface area contributed by atoms with Gasteiger partial charge in [0.2, 0.25) is 16.8 Å². The van der Waals surface area contributed by atoms with E-state index in [1.54, 1.807) is 15.9 Å². The highest BCUT2D eigenvalue weighted by Gasteiger charge is 2.17. The summed E-state index contributed by atoms with van der Waals surface area (Å²) in [4.78, 5) is 18.7. The van der Waals surface area contributed by atoms with Gasteiger partial charge in [-0.3, -0.25) is 10.1 Å². The lowest BCUT2D eigenvalue weighted by molar-refractivity contribution is -0.115. The van der Waals surface area contributed by atoms with Gasteiger partial charge in [0, 0.05) is 10.3 Å². The Hall–Kier alpha value is -2.74. The summed E-state index contributed by atoms with van der Waals surface area (Å²) in [6, 6.07) is 3.98. The van der Waals surface area contributed by atoms with Crippen LogP contribution < -0.4 is 5.32 Å². The van der Waals surface area contributed by atoms with Crippen LogP contribution in [0.2, 0.25) is 0 Å². The molecule has 3 aromatic heterocycles. The number of aryl methyl sites for hydroxylation is 4. The highest BCUT2D eigenvalue weighted by molar-refractivity contribution is 7.17. The van der Waals surface area contributed by atoms with E-state index in [0.29, 0.717) is 17.2 Å². The number of hydrogen-bond acceptors (Lipinski definition) is 6. The number of anilines is 1. The van der Waals surface area contributed by atoms with Gasteiger partial charge in [-0.25, -0.2) is 4.52 Å². The van der Waals surface area contributed by atoms with Gasteiger partial charge in [0.15, 0.2) is 5.58 Å². The Morgan fingerprint density at radius 2 is 2.08 bits per heavy atom. The number of benzene rings is 1. The maximum absolute atomic E-state index is 12.4. The Bertz CT molecular complexity index is 1120. The number of hydrogen-bond donors (Lipinski definition) is 1. The highest BCUT2D eigenvalue weighted by Crippen LogP contribution is 2.25. The SMILES string of the molecule is Cc1cc(C)c2c(CC(=O)Nc3nc4sc(C)c(C)n4n3)noc2c1. The molecule has 0 saturated carbocycles. The molecular formula is C17H17N5O2S. The first-order valence-electron chi connectivity index (χ1n) is 7.90. The second-order valence-electron chi connectivity index (χ2n) is 6.18. The van der Waals surface area contributed by atoms with Gasteiger partial charge in [-0.05, 0) is 44.9 Å². The van der Waals surface area contributed by atoms with Crippen molar-refractivity contribution < 1.29 is 9.32 Å². The van der Waals surface area contributed by atoms with E-state index in [2.05, 4.69) is 26.6 Å². The smallest absolute Gasteiger partial charge is 0.250 e. The Balaban J connectivity index is 1.57. The molecule has 0 bridgehead atoms. The lowest BCUT2D eigenvalue weighted by atomic mass is 10.0. The van der Waals surface area contributed by atoms with E-state index in [1.807, 2.05) is 33.8 Å². The zero-order valence-corrected chi connectivity index (χ0v) is 15.2. The van der Waals surface area contributed by atoms with E-state index in [0.717, 1.165) is 32.0 Å². The zero-order valence-electron chi connectivity index (χ0n) is 14.4. The molecule has 0 unspecified atom stereocenters. The van der Waals surface area contributed by atoms with Gasteiger partial charge in [0.05, 0.1) is 12.1 Å². The normalized spacial score (nSPS) is 11.5. The molecule has 0 aliphatic heterocycles. The predicted molar refractivity (Wildman–Crippen MR) is 96.2 cm³/mol. The summed E-state index contributed by atoms with van der Waals surface area (Å²) < 4.78 is 7.11. The number of rotatable bonds is 3. The quantitative estimate of drug-likeness (QED) is 0.609. The number of carbonyl (C=O) groups is 1. The molecule has 1 aromatic carbocycles. The predicted octanol–water partition coefficient (Wildman–Crippen LogP) is 3.35. The van der Waals surface area contributed by atoms with Crippen LogP contribution in [0.25, 0.3) is 15.9 Å². The third kappa shape index (κ3) is 2.68. The van der Waals surface area contributed by atoms with Gasteiger partial charge in [0.25, 0.3) is 0 Å². The largest absolute Gasteiger partial charge is 0.356 e. The molecule has 0 saturated heterocycles. The molecule has 0 aliphatic rings. The van der Waals surface area contributed by atoms with Crippen LogP contribution >= 0.6 is 11.3 Å². The first-order chi connectivity index (χ1) is 11.9. The minimum Gasteiger partial charge on any atom is -0.356 e. The van der Waals surface area contributed by atoms with Crippen molar-refractivity contribution in [2.24, 2.45) is 0 Å². The van der Waals surface area contributed by atoms with E-state index in [1.165, 1.54) is 0 Å². The molecule has 0 aliphatic carbocycles. The molecule has 8 heteroatoms. The Kier molecular flexibility index (Phi) is 3.57. The number of amides is 1. The lowest BCUT2D eigenvalue weighted by Crippen LogP contribution is -2.16. The Morgan fingerprint density at radius 3 is 2.84 bits per heavy atom. The average molecular weight is 355 g/mol. The molecule has 0 radical (unpaired) electrons. The first-order valence-corrected chi connectivity index (χ1v) is 8.72. The number of fused-ring (bicyclic) bond motifs is 2. The molecule has 4 rings (SSSR count). The van der Waals surface area contributed by atoms with E-state index in [-0.39, 0.29) is 12.3 Å². The molecule has 7 nitrogen and oxygen atoms in total. The number of thiazole rings is 1. The fourth-order valence-corrected chi connectivity index (χ4v) is 3.86. The summed E-state index contributed by atoms with van der Waals surface area (Å²) in [5, 5.41) is 12.0. The van der Waals surface area contributed by atoms with Crippen LogP contribution in [0, 0.1) is 27.7 Å². The molecule has 0 spiro atoms. The topological polar surface area (TPSA) is 85.3 Å². The van der Waals surface area contributed by atoms with Gasteiger partial charge in [-0.1, -0.05) is 22.6 Å². The Morgan fingerprint density at radius 1 is 1.28 bits per heavy atom. The lowest BCUT2D eigenvalue weighted by Gasteiger charge is -2.01. The summed E-state index contributed by atoms with van der Waals surface area (Å²) in [6.45, 7) is 7.99. The molecule has 3 heterocycles. The van der Waals surface area contributed by atoms with Gasteiger partial charge in [-0.15, -0.1) is 5.10 Å². The van der Waals surface area contributed by atoms with Crippen LogP contribution in [0.5, 0.6) is 0 Å². The fraction of sp³-hybridized carbons (Fsp3) is 0.294. The maximum atomic E-state index is 12.4. The summed E-state index contributed by atoms with van der Waals surface area (Å²) >= 11 is 1.55. The van der Waals surface area contributed by atoms with Crippen molar-refractivity contribution in [2.75, 3.05) is 5.32 Å². The highest BCUT2D eigenvalue weighted by atomic mass is 32.1. The van der Waals surface area contributed by atoms with Crippen LogP contribution in [-0.4, -0.2) is 25.7 Å². The van der Waals surface area contributed by atoms with Gasteiger partial charge < -0.3 is 4.52 Å². The molecular weight excluding hydrogens is 338 g/mol. The summed E-state index contributed by atoms with van der Waals surface area (Å²) in [7, 11) is 0. The van der Waals surface area contributed by atoms with Gasteiger partial charge >= 0.3 is 0 Å². The van der Waals surface area contributed by atoms with Crippen LogP contribution in [-0.2, 0) is 11.2 Å². The van der Waals surface area contributed by atoms with E-state index < -0.39 is 0 Å². The van der Waals surface area contributed by atoms with Crippen LogP contribution in [0.3, 0.4) is 0 Å². The van der Waals surface area contributed by atoms with Crippen molar-refractivity contribution in [3.05, 3.63) is 39.5 Å². The molecule has 0 fully saturated rings. The average Bonchev–Trinajstić information content (AvgIpc) is 3.16. The monoisotopic (exact) mass is 355 g/mol. The molecule has 128 valence electrons. The maximum Gasteiger partial charge on any atom is 0.250 e. The molecule has 1 N–H and O–H groups in total. The minimum absolute atomic E-state index is 0.113. The van der Waals surface area contributed by atoms with Crippen molar-refractivity contribution in [3.63, 3.8) is 0 Å². The van der Waals surface area contributed by atoms with Crippen molar-refractivity contribution in [1.29, 1.82) is 0 Å². The summed E-state index contributed by atoms with van der Waals surface area (Å²) in [6.07, 6.45) is 0.113. The second-order valence-corrected chi connectivity index (χ2v) is 7.36. The Labute approximate surface area is 147 Å². The third-order valence-electron chi connectivity index (χ3n) is 4.21. The number of nitrogens with one attached hydrogen (secondary N) is 1. The summed E-state index contributed by atoms with van der Waals surface area (Å²) in [5.74, 6) is 0.0857. The molecule has 4 aromatic rings. The van der Waals surface area contributed by atoms with Gasteiger partial charge in [0.1, 0.15) is 5.69 Å². The minimum atomic E-state index is -0.220. The zero-order chi connectivity index (χ0) is 17.7. The van der Waals surface area contributed by atoms with Crippen LogP contribution in [0.1, 0.15) is 27.4 Å². The van der Waals surface area contributed by atoms with E-state index in [9.17, 15) is 4.79 Å². The third-order valence-corrected chi connectivity index (χ3v) is 5.26. The number of aromatic nitrogens is 4. The van der Waals surface area contributed by atoms with Crippen LogP contribution in [0.4, 0.5) is 5.95 Å². The number of nitrogens with zero attached hydrogens (tertiary/aromatic N) is 4. The van der Waals surface area contributed by atoms with Crippen molar-refractivity contribution in [2.45, 2.75) is 34.1 Å². The van der Waals surface area contributed by atoms with Crippen molar-refractivity contribution in [1.82, 2.24) is 19.8 Å². The van der Waals surface area contributed by atoms with E-state index >= 15 is 0 Å². The van der Waals surface area contributed by atoms with Crippen molar-refractivity contribution in [3.8, 4) is 0 Å². The first kappa shape index (κ1) is 15.8. The molecule has 25 heavy (non-hydrogen) atoms.